The molecule has 0 fully saturated rings. The van der Waals surface area contributed by atoms with Crippen molar-refractivity contribution in [3.8, 4) is 0 Å². The molecule has 3 nitrogen and oxygen atoms in total. The maximum Gasteiger partial charge on any atom is 0.174 e. The number of nitrogens with two attached hydrogens (primary N) is 1. The average Bonchev–Trinajstić information content (AvgIpc) is 2.77. The van der Waals surface area contributed by atoms with Crippen molar-refractivity contribution in [2.45, 2.75) is 29.1 Å². The van der Waals surface area contributed by atoms with Crippen molar-refractivity contribution in [3.63, 3.8) is 0 Å². The van der Waals surface area contributed by atoms with Crippen LogP contribution in [-0.2, 0) is 13.0 Å². The number of halogens is 1. The Labute approximate surface area is 114 Å². The number of hydrogen-bond acceptors (Lipinski definition) is 5. The largest absolute Gasteiger partial charge is 0.326 e. The number of benzene rings is 1. The molecule has 0 saturated carbocycles. The minimum Gasteiger partial charge on any atom is -0.326 e. The van der Waals surface area contributed by atoms with E-state index in [2.05, 4.69) is 9.36 Å². The van der Waals surface area contributed by atoms with Crippen molar-refractivity contribution in [1.82, 2.24) is 9.36 Å². The Morgan fingerprint density at radius 1 is 1.47 bits per heavy atom. The Morgan fingerprint density at radius 3 is 2.88 bits per heavy atom. The smallest absolute Gasteiger partial charge is 0.174 e. The standard InChI is InChI=1S/C11H12ClN3S2/c1-2-10-14-11(17-15-10)16-8-4-3-7(6-13)9(12)5-8/h3-5H,2,6,13H2,1H3. The van der Waals surface area contributed by atoms with E-state index >= 15 is 0 Å². The van der Waals surface area contributed by atoms with Gasteiger partial charge in [-0.3, -0.25) is 0 Å². The van der Waals surface area contributed by atoms with Gasteiger partial charge < -0.3 is 5.73 Å². The summed E-state index contributed by atoms with van der Waals surface area (Å²) in [6, 6.07) is 5.87. The molecule has 1 heterocycles. The van der Waals surface area contributed by atoms with Crippen LogP contribution in [0.25, 0.3) is 0 Å². The predicted octanol–water partition coefficient (Wildman–Crippen LogP) is 3.36. The van der Waals surface area contributed by atoms with Crippen LogP contribution in [0.2, 0.25) is 5.02 Å². The SMILES string of the molecule is CCc1nsc(Sc2ccc(CN)c(Cl)c2)n1. The van der Waals surface area contributed by atoms with Gasteiger partial charge in [0.2, 0.25) is 0 Å². The molecule has 2 aromatic rings. The van der Waals surface area contributed by atoms with E-state index in [0.29, 0.717) is 11.6 Å². The first kappa shape index (κ1) is 12.8. The van der Waals surface area contributed by atoms with Gasteiger partial charge in [0.05, 0.1) is 0 Å². The lowest BCUT2D eigenvalue weighted by atomic mass is 10.2. The lowest BCUT2D eigenvalue weighted by Gasteiger charge is -2.03. The summed E-state index contributed by atoms with van der Waals surface area (Å²) in [7, 11) is 0. The predicted molar refractivity (Wildman–Crippen MR) is 72.8 cm³/mol. The van der Waals surface area contributed by atoms with Gasteiger partial charge >= 0.3 is 0 Å². The van der Waals surface area contributed by atoms with Gasteiger partial charge in [-0.25, -0.2) is 4.98 Å². The molecule has 1 aromatic carbocycles. The van der Waals surface area contributed by atoms with Gasteiger partial charge in [-0.15, -0.1) is 0 Å². The highest BCUT2D eigenvalue weighted by Crippen LogP contribution is 2.31. The van der Waals surface area contributed by atoms with Gasteiger partial charge in [-0.05, 0) is 29.2 Å². The zero-order chi connectivity index (χ0) is 12.3. The molecule has 1 aromatic heterocycles. The highest BCUT2D eigenvalue weighted by molar-refractivity contribution is 8.01. The lowest BCUT2D eigenvalue weighted by molar-refractivity contribution is 0.971. The van der Waals surface area contributed by atoms with Crippen molar-refractivity contribution >= 4 is 34.9 Å². The number of rotatable bonds is 4. The molecule has 0 bridgehead atoms. The molecule has 17 heavy (non-hydrogen) atoms. The molecule has 90 valence electrons. The molecule has 0 aliphatic carbocycles. The van der Waals surface area contributed by atoms with Crippen LogP contribution in [0.3, 0.4) is 0 Å². The van der Waals surface area contributed by atoms with Gasteiger partial charge in [0.1, 0.15) is 5.82 Å². The second-order valence-electron chi connectivity index (χ2n) is 3.39. The summed E-state index contributed by atoms with van der Waals surface area (Å²) < 4.78 is 5.19. The van der Waals surface area contributed by atoms with Crippen LogP contribution in [0, 0.1) is 0 Å². The number of hydrogen-bond donors (Lipinski definition) is 1. The summed E-state index contributed by atoms with van der Waals surface area (Å²) in [4.78, 5) is 5.46. The number of aromatic nitrogens is 2. The van der Waals surface area contributed by atoms with E-state index in [1.807, 2.05) is 25.1 Å². The minimum absolute atomic E-state index is 0.461. The molecule has 0 aliphatic rings. The van der Waals surface area contributed by atoms with Crippen LogP contribution in [0.5, 0.6) is 0 Å². The van der Waals surface area contributed by atoms with Crippen LogP contribution in [0.4, 0.5) is 0 Å². The summed E-state index contributed by atoms with van der Waals surface area (Å²) in [6.45, 7) is 2.51. The summed E-state index contributed by atoms with van der Waals surface area (Å²) >= 11 is 9.10. The first-order valence-electron chi connectivity index (χ1n) is 5.22. The topological polar surface area (TPSA) is 51.8 Å². The molecule has 0 unspecified atom stereocenters. The van der Waals surface area contributed by atoms with E-state index in [1.165, 1.54) is 11.5 Å². The first-order chi connectivity index (χ1) is 8.22. The second kappa shape index (κ2) is 5.82. The lowest BCUT2D eigenvalue weighted by Crippen LogP contribution is -1.96. The molecule has 6 heteroatoms. The minimum atomic E-state index is 0.461. The van der Waals surface area contributed by atoms with Crippen LogP contribution in [0.1, 0.15) is 18.3 Å². The first-order valence-corrected chi connectivity index (χ1v) is 7.18. The molecule has 0 spiro atoms. The van der Waals surface area contributed by atoms with Crippen molar-refractivity contribution < 1.29 is 0 Å². The molecular formula is C11H12ClN3S2. The average molecular weight is 286 g/mol. The Bertz CT molecular complexity index is 513. The van der Waals surface area contributed by atoms with Crippen molar-refractivity contribution in [2.24, 2.45) is 5.73 Å². The maximum atomic E-state index is 6.10. The van der Waals surface area contributed by atoms with Gasteiger partial charge in [0.15, 0.2) is 4.34 Å². The molecule has 2 rings (SSSR count). The molecule has 0 saturated heterocycles. The fraction of sp³-hybridized carbons (Fsp3) is 0.273. The molecule has 0 radical (unpaired) electrons. The van der Waals surface area contributed by atoms with Gasteiger partial charge in [-0.2, -0.15) is 4.37 Å². The van der Waals surface area contributed by atoms with Gasteiger partial charge in [0.25, 0.3) is 0 Å². The summed E-state index contributed by atoms with van der Waals surface area (Å²) in [5.41, 5.74) is 6.52. The Kier molecular flexibility index (Phi) is 4.39. The monoisotopic (exact) mass is 285 g/mol. The number of nitrogens with zero attached hydrogens (tertiary/aromatic N) is 2. The third-order valence-corrected chi connectivity index (χ3v) is 4.35. The van der Waals surface area contributed by atoms with Crippen molar-refractivity contribution in [2.75, 3.05) is 0 Å². The van der Waals surface area contributed by atoms with Crippen molar-refractivity contribution in [1.29, 1.82) is 0 Å². The van der Waals surface area contributed by atoms with E-state index < -0.39 is 0 Å². The maximum absolute atomic E-state index is 6.10. The zero-order valence-corrected chi connectivity index (χ0v) is 11.7. The van der Waals surface area contributed by atoms with E-state index in [1.54, 1.807) is 11.8 Å². The Balaban J connectivity index is 2.15. The summed E-state index contributed by atoms with van der Waals surface area (Å²) in [5.74, 6) is 0.891. The van der Waals surface area contributed by atoms with E-state index in [-0.39, 0.29) is 0 Å². The Morgan fingerprint density at radius 2 is 2.29 bits per heavy atom. The van der Waals surface area contributed by atoms with Crippen LogP contribution < -0.4 is 5.73 Å². The summed E-state index contributed by atoms with van der Waals surface area (Å²) in [6.07, 6.45) is 0.865. The molecular weight excluding hydrogens is 274 g/mol. The van der Waals surface area contributed by atoms with Crippen molar-refractivity contribution in [3.05, 3.63) is 34.6 Å². The fourth-order valence-electron chi connectivity index (χ4n) is 1.28. The molecule has 0 atom stereocenters. The van der Waals surface area contributed by atoms with E-state index in [0.717, 1.165) is 27.0 Å². The quantitative estimate of drug-likeness (QED) is 0.936. The van der Waals surface area contributed by atoms with E-state index in [9.17, 15) is 0 Å². The zero-order valence-electron chi connectivity index (χ0n) is 9.31. The Hall–Kier alpha value is -0.620. The molecule has 2 N–H and O–H groups in total. The van der Waals surface area contributed by atoms with Gasteiger partial charge in [-0.1, -0.05) is 36.4 Å². The van der Waals surface area contributed by atoms with Crippen LogP contribution in [-0.4, -0.2) is 9.36 Å². The molecule has 0 amide bonds. The third-order valence-electron chi connectivity index (χ3n) is 2.22. The van der Waals surface area contributed by atoms with E-state index in [4.69, 9.17) is 17.3 Å². The second-order valence-corrected chi connectivity index (χ2v) is 5.87. The highest BCUT2D eigenvalue weighted by Gasteiger charge is 2.06. The normalized spacial score (nSPS) is 10.8. The van der Waals surface area contributed by atoms with Gasteiger partial charge in [0, 0.05) is 22.9 Å². The van der Waals surface area contributed by atoms with Crippen LogP contribution >= 0.6 is 34.9 Å². The third kappa shape index (κ3) is 3.19. The highest BCUT2D eigenvalue weighted by atomic mass is 35.5. The number of aryl methyl sites for hydroxylation is 1. The summed E-state index contributed by atoms with van der Waals surface area (Å²) in [5, 5.41) is 0.706. The molecule has 0 aliphatic heterocycles. The fourth-order valence-corrected chi connectivity index (χ4v) is 3.32. The van der Waals surface area contributed by atoms with Crippen LogP contribution in [0.15, 0.2) is 27.4 Å².